The zero-order valence-corrected chi connectivity index (χ0v) is 25.2. The van der Waals surface area contributed by atoms with Crippen molar-refractivity contribution in [2.45, 2.75) is 186 Å². The summed E-state index contributed by atoms with van der Waals surface area (Å²) in [6, 6.07) is 0. The molecule has 0 amide bonds. The molecular formula is C33H60B2. The third-order valence-electron chi connectivity index (χ3n) is 12.9. The van der Waals surface area contributed by atoms with Gasteiger partial charge in [-0.1, -0.05) is 161 Å². The van der Waals surface area contributed by atoms with Gasteiger partial charge in [0.05, 0.1) is 0 Å². The molecule has 4 rings (SSSR count). The molecule has 2 radical (unpaired) electrons. The number of rotatable bonds is 4. The first-order valence-electron chi connectivity index (χ1n) is 16.1. The van der Waals surface area contributed by atoms with E-state index in [2.05, 4.69) is 63.0 Å². The molecule has 4 aliphatic rings. The second kappa shape index (κ2) is 10.4. The Morgan fingerprint density at radius 3 is 1.57 bits per heavy atom. The average Bonchev–Trinajstić information content (AvgIpc) is 2.74. The van der Waals surface area contributed by atoms with E-state index in [1.165, 1.54) is 122 Å². The highest BCUT2D eigenvalue weighted by Gasteiger charge is 2.55. The Balaban J connectivity index is 1.41. The summed E-state index contributed by atoms with van der Waals surface area (Å²) in [7, 11) is 5.89. The molecule has 2 aliphatic carbocycles. The summed E-state index contributed by atoms with van der Waals surface area (Å²) < 4.78 is 0. The highest BCUT2D eigenvalue weighted by molar-refractivity contribution is 6.66. The van der Waals surface area contributed by atoms with Gasteiger partial charge in [0.25, 0.3) is 0 Å². The van der Waals surface area contributed by atoms with Gasteiger partial charge in [-0.2, -0.15) is 0 Å². The Kier molecular flexibility index (Phi) is 8.33. The Morgan fingerprint density at radius 2 is 1.11 bits per heavy atom. The molecule has 0 nitrogen and oxygen atoms in total. The third kappa shape index (κ3) is 5.77. The van der Waals surface area contributed by atoms with E-state index < -0.39 is 0 Å². The monoisotopic (exact) mass is 478 g/mol. The summed E-state index contributed by atoms with van der Waals surface area (Å²) in [5, 5.41) is 1.33. The van der Waals surface area contributed by atoms with E-state index in [4.69, 9.17) is 0 Å². The molecule has 0 aromatic carbocycles. The zero-order chi connectivity index (χ0) is 25.4. The van der Waals surface area contributed by atoms with Gasteiger partial charge >= 0.3 is 0 Å². The highest BCUT2D eigenvalue weighted by Crippen LogP contribution is 2.67. The fraction of sp³-hybridized carbons (Fsp3) is 1.00. The zero-order valence-electron chi connectivity index (χ0n) is 25.2. The van der Waals surface area contributed by atoms with Crippen molar-refractivity contribution >= 4 is 14.6 Å². The maximum absolute atomic E-state index is 2.96. The summed E-state index contributed by atoms with van der Waals surface area (Å²) in [4.78, 5) is 0. The Bertz CT molecular complexity index is 670. The van der Waals surface area contributed by atoms with Gasteiger partial charge in [0.1, 0.15) is 14.6 Å². The van der Waals surface area contributed by atoms with Crippen LogP contribution in [0.2, 0.25) is 15.8 Å². The summed E-state index contributed by atoms with van der Waals surface area (Å²) in [6.07, 6.45) is 27.6. The van der Waals surface area contributed by atoms with Gasteiger partial charge in [0.2, 0.25) is 0 Å². The Labute approximate surface area is 222 Å². The van der Waals surface area contributed by atoms with Crippen LogP contribution in [-0.4, -0.2) is 14.6 Å². The van der Waals surface area contributed by atoms with Crippen LogP contribution in [0.15, 0.2) is 0 Å². The van der Waals surface area contributed by atoms with E-state index in [1.807, 2.05) is 0 Å². The minimum atomic E-state index is 0.404. The molecule has 2 bridgehead atoms. The van der Waals surface area contributed by atoms with Crippen molar-refractivity contribution in [1.82, 2.24) is 0 Å². The van der Waals surface area contributed by atoms with Crippen molar-refractivity contribution in [2.24, 2.45) is 22.2 Å². The molecule has 0 spiro atoms. The van der Waals surface area contributed by atoms with Crippen molar-refractivity contribution in [3.05, 3.63) is 0 Å². The van der Waals surface area contributed by atoms with Crippen molar-refractivity contribution in [1.29, 1.82) is 0 Å². The predicted octanol–water partition coefficient (Wildman–Crippen LogP) is 11.0. The lowest BCUT2D eigenvalue weighted by atomic mass is 9.14. The van der Waals surface area contributed by atoms with Crippen LogP contribution >= 0.6 is 0 Å². The number of fused-ring (bicyclic) bond motifs is 2. The first-order valence-corrected chi connectivity index (χ1v) is 16.1. The molecule has 35 heavy (non-hydrogen) atoms. The molecule has 0 unspecified atom stereocenters. The summed E-state index contributed by atoms with van der Waals surface area (Å²) >= 11 is 0. The fourth-order valence-electron chi connectivity index (χ4n) is 10.0. The van der Waals surface area contributed by atoms with Gasteiger partial charge < -0.3 is 0 Å². The average molecular weight is 478 g/mol. The van der Waals surface area contributed by atoms with E-state index in [0.717, 1.165) is 5.92 Å². The van der Waals surface area contributed by atoms with E-state index in [1.54, 1.807) is 0 Å². The molecule has 0 aromatic rings. The summed E-state index contributed by atoms with van der Waals surface area (Å²) in [5.74, 6) is 1.01. The van der Waals surface area contributed by atoms with Crippen molar-refractivity contribution in [3.8, 4) is 0 Å². The summed E-state index contributed by atoms with van der Waals surface area (Å²) in [5.41, 5.74) is 1.52. The van der Waals surface area contributed by atoms with Crippen LogP contribution in [0.3, 0.4) is 0 Å². The lowest BCUT2D eigenvalue weighted by Gasteiger charge is -2.59. The SMILES string of the molecule is CCC1CCCC(C)(C2(C)CCCC(C)([B]C34[B]C(C(C)(C)C)(CCC3)CCC4)CCC2)CCC1. The van der Waals surface area contributed by atoms with Gasteiger partial charge in [0, 0.05) is 0 Å². The van der Waals surface area contributed by atoms with Crippen LogP contribution in [-0.2, 0) is 0 Å². The van der Waals surface area contributed by atoms with Crippen LogP contribution in [0.5, 0.6) is 0 Å². The van der Waals surface area contributed by atoms with Crippen molar-refractivity contribution in [2.75, 3.05) is 0 Å². The molecule has 2 saturated carbocycles. The van der Waals surface area contributed by atoms with E-state index in [-0.39, 0.29) is 0 Å². The topological polar surface area (TPSA) is 0 Å². The van der Waals surface area contributed by atoms with Crippen molar-refractivity contribution < 1.29 is 0 Å². The second-order valence-corrected chi connectivity index (χ2v) is 16.2. The van der Waals surface area contributed by atoms with Crippen LogP contribution in [0.1, 0.15) is 170 Å². The van der Waals surface area contributed by atoms with Gasteiger partial charge in [-0.3, -0.25) is 0 Å². The lowest BCUT2D eigenvalue weighted by Crippen LogP contribution is -2.50. The van der Waals surface area contributed by atoms with Gasteiger partial charge in [-0.15, -0.1) is 0 Å². The first-order chi connectivity index (χ1) is 16.4. The highest BCUT2D eigenvalue weighted by atomic mass is 14.5. The smallest absolute Gasteiger partial charge is 0.0816 e. The first kappa shape index (κ1) is 28.1. The van der Waals surface area contributed by atoms with Crippen LogP contribution in [0.4, 0.5) is 0 Å². The molecular weight excluding hydrogens is 418 g/mol. The Hall–Kier alpha value is 0.130. The minimum Gasteiger partial charge on any atom is -0.0816 e. The van der Waals surface area contributed by atoms with Crippen molar-refractivity contribution in [3.63, 3.8) is 0 Å². The molecule has 2 heteroatoms. The maximum Gasteiger partial charge on any atom is 0.116 e. The molecule has 4 fully saturated rings. The van der Waals surface area contributed by atoms with Gasteiger partial charge in [-0.25, -0.2) is 0 Å². The Morgan fingerprint density at radius 1 is 0.657 bits per heavy atom. The quantitative estimate of drug-likeness (QED) is 0.353. The molecule has 2 heterocycles. The number of hydrogen-bond donors (Lipinski definition) is 0. The summed E-state index contributed by atoms with van der Waals surface area (Å²) in [6.45, 7) is 18.0. The molecule has 0 N–H and O–H groups in total. The second-order valence-electron chi connectivity index (χ2n) is 16.2. The standard InChI is InChI=1S/C33H60B2/c1-8-27-15-9-17-29(5,18-10-16-27)30(6)19-11-21-31(7,22-12-20-30)34-33-25-13-23-32(35-33,24-14-26-33)28(2,3)4/h27H,8-26H2,1-7H3. The minimum absolute atomic E-state index is 0.404. The van der Waals surface area contributed by atoms with Crippen LogP contribution in [0.25, 0.3) is 0 Å². The van der Waals surface area contributed by atoms with Gasteiger partial charge in [0.15, 0.2) is 0 Å². The van der Waals surface area contributed by atoms with Crippen LogP contribution < -0.4 is 0 Å². The fourth-order valence-corrected chi connectivity index (χ4v) is 10.0. The van der Waals surface area contributed by atoms with Crippen LogP contribution in [0, 0.1) is 22.2 Å². The molecule has 2 saturated heterocycles. The molecule has 0 atom stereocenters. The molecule has 0 aromatic heterocycles. The lowest BCUT2D eigenvalue weighted by molar-refractivity contribution is 0.00822. The largest absolute Gasteiger partial charge is 0.116 e. The molecule has 198 valence electrons. The maximum atomic E-state index is 2.96. The van der Waals surface area contributed by atoms with E-state index in [0.29, 0.717) is 32.1 Å². The van der Waals surface area contributed by atoms with E-state index in [9.17, 15) is 0 Å². The predicted molar refractivity (Wildman–Crippen MR) is 158 cm³/mol. The normalized spacial score (nSPS) is 45.9. The van der Waals surface area contributed by atoms with Gasteiger partial charge in [-0.05, 0) is 47.8 Å². The van der Waals surface area contributed by atoms with E-state index >= 15 is 0 Å². The number of hydrogen-bond acceptors (Lipinski definition) is 0. The third-order valence-corrected chi connectivity index (χ3v) is 12.9. The molecule has 2 aliphatic heterocycles.